The number of benzene rings is 2. The van der Waals surface area contributed by atoms with E-state index in [1.807, 2.05) is 24.3 Å². The summed E-state index contributed by atoms with van der Waals surface area (Å²) in [5.74, 6) is 0.834. The molecule has 120 valence electrons. The summed E-state index contributed by atoms with van der Waals surface area (Å²) < 4.78 is 11.6. The van der Waals surface area contributed by atoms with Crippen LogP contribution in [0.2, 0.25) is 0 Å². The van der Waals surface area contributed by atoms with Crippen molar-refractivity contribution in [3.63, 3.8) is 0 Å². The lowest BCUT2D eigenvalue weighted by molar-refractivity contribution is 0.0690. The number of aromatic carboxylic acids is 1. The molecule has 0 spiro atoms. The minimum atomic E-state index is -0.977. The van der Waals surface area contributed by atoms with Gasteiger partial charge in [-0.25, -0.2) is 4.79 Å². The maximum Gasteiger partial charge on any atom is 0.339 e. The third kappa shape index (κ3) is 3.16. The number of fused-ring (bicyclic) bond motifs is 2. The molecule has 2 aromatic carbocycles. The van der Waals surface area contributed by atoms with Crippen LogP contribution >= 0.6 is 0 Å². The molecule has 4 nitrogen and oxygen atoms in total. The summed E-state index contributed by atoms with van der Waals surface area (Å²) in [6.07, 6.45) is 3.64. The zero-order valence-electron chi connectivity index (χ0n) is 13.2. The molecule has 0 bridgehead atoms. The summed E-state index contributed by atoms with van der Waals surface area (Å²) in [5.41, 5.74) is 1.89. The summed E-state index contributed by atoms with van der Waals surface area (Å²) >= 11 is 0. The van der Waals surface area contributed by atoms with Gasteiger partial charge in [0.2, 0.25) is 0 Å². The first kappa shape index (κ1) is 15.4. The van der Waals surface area contributed by atoms with Gasteiger partial charge in [-0.15, -0.1) is 0 Å². The van der Waals surface area contributed by atoms with E-state index < -0.39 is 5.97 Å². The lowest BCUT2D eigenvalue weighted by atomic mass is 9.95. The van der Waals surface area contributed by atoms with E-state index in [0.29, 0.717) is 30.1 Å². The lowest BCUT2D eigenvalue weighted by Crippen LogP contribution is -2.12. The molecule has 0 aromatic heterocycles. The molecule has 0 saturated heterocycles. The van der Waals surface area contributed by atoms with Crippen LogP contribution in [0.5, 0.6) is 17.2 Å². The third-order valence-electron chi connectivity index (χ3n) is 4.01. The molecule has 1 aliphatic heterocycles. The third-order valence-corrected chi connectivity index (χ3v) is 4.01. The van der Waals surface area contributed by atoms with Crippen LogP contribution in [0.25, 0.3) is 0 Å². The largest absolute Gasteiger partial charge is 0.493 e. The van der Waals surface area contributed by atoms with E-state index >= 15 is 0 Å². The Morgan fingerprint density at radius 2 is 2.00 bits per heavy atom. The molecule has 0 radical (unpaired) electrons. The Morgan fingerprint density at radius 3 is 2.78 bits per heavy atom. The summed E-state index contributed by atoms with van der Waals surface area (Å²) in [7, 11) is 0. The fourth-order valence-corrected chi connectivity index (χ4v) is 2.83. The maximum absolute atomic E-state index is 11.8. The van der Waals surface area contributed by atoms with Gasteiger partial charge in [-0.05, 0) is 30.2 Å². The van der Waals surface area contributed by atoms with Crippen LogP contribution in [0.4, 0.5) is 0 Å². The molecule has 23 heavy (non-hydrogen) atoms. The molecule has 0 amide bonds. The first-order valence-electron chi connectivity index (χ1n) is 7.98. The van der Waals surface area contributed by atoms with Gasteiger partial charge in [0.15, 0.2) is 0 Å². The Labute approximate surface area is 135 Å². The number of hydrogen-bond acceptors (Lipinski definition) is 3. The Bertz CT molecular complexity index is 721. The van der Waals surface area contributed by atoms with Crippen molar-refractivity contribution in [1.29, 1.82) is 0 Å². The molecular formula is C19H20O4. The van der Waals surface area contributed by atoms with E-state index in [0.717, 1.165) is 30.6 Å². The second-order valence-corrected chi connectivity index (χ2v) is 5.66. The molecular weight excluding hydrogens is 292 g/mol. The number of unbranched alkanes of at least 4 members (excludes halogenated alkanes) is 2. The molecule has 0 unspecified atom stereocenters. The van der Waals surface area contributed by atoms with E-state index in [9.17, 15) is 9.90 Å². The highest BCUT2D eigenvalue weighted by atomic mass is 16.5. The highest BCUT2D eigenvalue weighted by Crippen LogP contribution is 2.41. The minimum Gasteiger partial charge on any atom is -0.493 e. The molecule has 0 atom stereocenters. The first-order chi connectivity index (χ1) is 11.2. The molecule has 0 aliphatic carbocycles. The summed E-state index contributed by atoms with van der Waals surface area (Å²) in [4.78, 5) is 11.8. The van der Waals surface area contributed by atoms with Crippen LogP contribution in [-0.4, -0.2) is 17.7 Å². The summed E-state index contributed by atoms with van der Waals surface area (Å²) in [6, 6.07) is 11.2. The average molecular weight is 312 g/mol. The molecule has 0 fully saturated rings. The SMILES string of the molecule is CCCCCOc1ccc2c(c1C(=O)O)Cc1ccccc1O2. The number of ether oxygens (including phenoxy) is 2. The van der Waals surface area contributed by atoms with Crippen molar-refractivity contribution in [3.05, 3.63) is 53.1 Å². The second kappa shape index (κ2) is 6.73. The van der Waals surface area contributed by atoms with Crippen LogP contribution in [0, 0.1) is 0 Å². The number of para-hydroxylation sites is 1. The number of rotatable bonds is 6. The average Bonchev–Trinajstić information content (AvgIpc) is 2.56. The Hall–Kier alpha value is -2.49. The van der Waals surface area contributed by atoms with Crippen LogP contribution in [0.1, 0.15) is 47.7 Å². The standard InChI is InChI=1S/C19H20O4/c1-2-3-6-11-22-17-10-9-16-14(18(17)19(20)21)12-13-7-4-5-8-15(13)23-16/h4-5,7-10H,2-3,6,11-12H2,1H3,(H,20,21). The zero-order valence-corrected chi connectivity index (χ0v) is 13.2. The topological polar surface area (TPSA) is 55.8 Å². The van der Waals surface area contributed by atoms with Crippen molar-refractivity contribution in [3.8, 4) is 17.2 Å². The Morgan fingerprint density at radius 1 is 1.17 bits per heavy atom. The van der Waals surface area contributed by atoms with Crippen molar-refractivity contribution < 1.29 is 19.4 Å². The fraction of sp³-hybridized carbons (Fsp3) is 0.316. The van der Waals surface area contributed by atoms with E-state index in [2.05, 4.69) is 6.92 Å². The van der Waals surface area contributed by atoms with Crippen LogP contribution in [0.3, 0.4) is 0 Å². The molecule has 1 heterocycles. The highest BCUT2D eigenvalue weighted by molar-refractivity contribution is 5.94. The predicted molar refractivity (Wildman–Crippen MR) is 87.7 cm³/mol. The molecule has 0 saturated carbocycles. The number of carboxylic acid groups (broad SMARTS) is 1. The van der Waals surface area contributed by atoms with Gasteiger partial charge in [-0.2, -0.15) is 0 Å². The quantitative estimate of drug-likeness (QED) is 0.673. The van der Waals surface area contributed by atoms with Crippen molar-refractivity contribution in [2.24, 2.45) is 0 Å². The number of hydrogen-bond donors (Lipinski definition) is 1. The molecule has 1 aliphatic rings. The smallest absolute Gasteiger partial charge is 0.339 e. The molecule has 1 N–H and O–H groups in total. The van der Waals surface area contributed by atoms with Crippen molar-refractivity contribution in [2.75, 3.05) is 6.61 Å². The van der Waals surface area contributed by atoms with E-state index in [-0.39, 0.29) is 5.56 Å². The zero-order chi connectivity index (χ0) is 16.2. The predicted octanol–water partition coefficient (Wildman–Crippen LogP) is 4.65. The lowest BCUT2D eigenvalue weighted by Gasteiger charge is -2.23. The van der Waals surface area contributed by atoms with Crippen LogP contribution in [0.15, 0.2) is 36.4 Å². The van der Waals surface area contributed by atoms with Gasteiger partial charge in [-0.1, -0.05) is 38.0 Å². The van der Waals surface area contributed by atoms with Crippen LogP contribution in [-0.2, 0) is 6.42 Å². The van der Waals surface area contributed by atoms with Crippen molar-refractivity contribution in [2.45, 2.75) is 32.6 Å². The van der Waals surface area contributed by atoms with E-state index in [4.69, 9.17) is 9.47 Å². The van der Waals surface area contributed by atoms with Gasteiger partial charge in [0.05, 0.1) is 6.61 Å². The minimum absolute atomic E-state index is 0.216. The van der Waals surface area contributed by atoms with E-state index in [1.165, 1.54) is 0 Å². The molecule has 3 rings (SSSR count). The number of carbonyl (C=O) groups is 1. The normalized spacial score (nSPS) is 12.0. The maximum atomic E-state index is 11.8. The molecule has 2 aromatic rings. The number of carboxylic acids is 1. The van der Waals surface area contributed by atoms with Gasteiger partial charge < -0.3 is 14.6 Å². The van der Waals surface area contributed by atoms with Gasteiger partial charge in [0.25, 0.3) is 0 Å². The van der Waals surface area contributed by atoms with Gasteiger partial charge in [0.1, 0.15) is 22.8 Å². The van der Waals surface area contributed by atoms with Crippen molar-refractivity contribution >= 4 is 5.97 Å². The fourth-order valence-electron chi connectivity index (χ4n) is 2.83. The summed E-state index contributed by atoms with van der Waals surface area (Å²) in [6.45, 7) is 2.65. The van der Waals surface area contributed by atoms with E-state index in [1.54, 1.807) is 12.1 Å². The van der Waals surface area contributed by atoms with Gasteiger partial charge in [0, 0.05) is 12.0 Å². The first-order valence-corrected chi connectivity index (χ1v) is 7.98. The second-order valence-electron chi connectivity index (χ2n) is 5.66. The van der Waals surface area contributed by atoms with Gasteiger partial charge >= 0.3 is 5.97 Å². The Balaban J connectivity index is 1.92. The Kier molecular flexibility index (Phi) is 4.51. The molecule has 4 heteroatoms. The highest BCUT2D eigenvalue weighted by Gasteiger charge is 2.25. The van der Waals surface area contributed by atoms with Crippen LogP contribution < -0.4 is 9.47 Å². The summed E-state index contributed by atoms with van der Waals surface area (Å²) in [5, 5.41) is 9.64. The van der Waals surface area contributed by atoms with Gasteiger partial charge in [-0.3, -0.25) is 0 Å². The van der Waals surface area contributed by atoms with Crippen molar-refractivity contribution in [1.82, 2.24) is 0 Å². The monoisotopic (exact) mass is 312 g/mol.